The van der Waals surface area contributed by atoms with E-state index in [9.17, 15) is 41.1 Å². The number of nitro groups is 1. The van der Waals surface area contributed by atoms with E-state index in [1.165, 1.54) is 0 Å². The summed E-state index contributed by atoms with van der Waals surface area (Å²) in [5.74, 6) is 0. The third-order valence-electron chi connectivity index (χ3n) is 1.95. The van der Waals surface area contributed by atoms with Gasteiger partial charge in [-0.05, 0) is 0 Å². The number of aryl methyl sites for hydroxylation is 1. The Labute approximate surface area is 118 Å². The van der Waals surface area contributed by atoms with Crippen molar-refractivity contribution < 1.29 is 45.3 Å². The third-order valence-corrected chi connectivity index (χ3v) is 2.74. The Morgan fingerprint density at radius 3 is 2.45 bits per heavy atom. The van der Waals surface area contributed by atoms with E-state index in [4.69, 9.17) is 0 Å². The number of hydrogen-bond donors (Lipinski definition) is 0. The predicted octanol–water partition coefficient (Wildman–Crippen LogP) is -1.19. The summed E-state index contributed by atoms with van der Waals surface area (Å²) < 4.78 is 71.0. The van der Waals surface area contributed by atoms with Crippen LogP contribution in [0.15, 0.2) is 22.3 Å². The van der Waals surface area contributed by atoms with Crippen molar-refractivity contribution in [1.82, 2.24) is 4.68 Å². The van der Waals surface area contributed by atoms with Crippen molar-refractivity contribution in [1.29, 1.82) is 0 Å². The van der Waals surface area contributed by atoms with Crippen molar-refractivity contribution in [3.05, 3.63) is 28.1 Å². The lowest BCUT2D eigenvalue weighted by molar-refractivity contribution is -0.714. The minimum Gasteiger partial charge on any atom is -0.744 e. The van der Waals surface area contributed by atoms with Gasteiger partial charge in [0.1, 0.15) is 15.0 Å². The van der Waals surface area contributed by atoms with Crippen molar-refractivity contribution in [2.75, 3.05) is 0 Å². The maximum absolute atomic E-state index is 11.8. The van der Waals surface area contributed by atoms with Crippen LogP contribution < -0.4 is 10.2 Å². The number of aromatic nitrogens is 2. The number of ether oxygens (including phenoxy) is 1. The summed E-state index contributed by atoms with van der Waals surface area (Å²) >= 11 is 0. The van der Waals surface area contributed by atoms with E-state index in [0.717, 1.165) is 7.05 Å². The minimum absolute atomic E-state index is 0.183. The van der Waals surface area contributed by atoms with Gasteiger partial charge in [0.15, 0.2) is 6.20 Å². The molecule has 0 fully saturated rings. The van der Waals surface area contributed by atoms with Crippen molar-refractivity contribution >= 4 is 16.2 Å². The van der Waals surface area contributed by atoms with E-state index in [-0.39, 0.29) is 10.9 Å². The second kappa shape index (κ2) is 5.68. The lowest BCUT2D eigenvalue weighted by Crippen LogP contribution is -2.54. The van der Waals surface area contributed by atoms with Crippen LogP contribution in [0.25, 0.3) is 0 Å². The van der Waals surface area contributed by atoms with Crippen LogP contribution in [0.1, 0.15) is 0 Å². The zero-order valence-electron chi connectivity index (χ0n) is 10.3. The largest absolute Gasteiger partial charge is 0.744 e. The molecule has 11 nitrogen and oxygen atoms in total. The summed E-state index contributed by atoms with van der Waals surface area (Å²) in [4.78, 5) is 23.3. The zero-order valence-corrected chi connectivity index (χ0v) is 11.2. The normalized spacial score (nSPS) is 13.0. The summed E-state index contributed by atoms with van der Waals surface area (Å²) in [7, 11) is -4.18. The maximum atomic E-state index is 11.8. The van der Waals surface area contributed by atoms with Gasteiger partial charge in [0.25, 0.3) is 0 Å². The van der Waals surface area contributed by atoms with E-state index >= 15 is 0 Å². The van der Waals surface area contributed by atoms with Crippen molar-refractivity contribution in [2.45, 2.75) is 11.3 Å². The molecule has 0 aliphatic rings. The first kappa shape index (κ1) is 17.5. The Morgan fingerprint density at radius 2 is 2.05 bits per heavy atom. The second-order valence-corrected chi connectivity index (χ2v) is 4.91. The summed E-state index contributed by atoms with van der Waals surface area (Å²) in [6.07, 6.45) is -6.88. The molecule has 1 rings (SSSR count). The Kier molecular flexibility index (Phi) is 4.52. The molecule has 1 amide bonds. The molecule has 1 heterocycles. The number of halogens is 3. The third kappa shape index (κ3) is 4.48. The van der Waals surface area contributed by atoms with Gasteiger partial charge in [-0.15, -0.1) is 13.2 Å². The Bertz CT molecular complexity index is 797. The van der Waals surface area contributed by atoms with Gasteiger partial charge in [-0.25, -0.2) is 27.9 Å². The average Bonchev–Trinajstić information content (AvgIpc) is 2.27. The first-order chi connectivity index (χ1) is 9.81. The average molecular weight is 346 g/mol. The van der Waals surface area contributed by atoms with Crippen LogP contribution in [0, 0.1) is 10.1 Å². The molecular weight excluding hydrogens is 341 g/mol. The summed E-state index contributed by atoms with van der Waals surface area (Å²) in [6.45, 7) is 0. The molecule has 0 atom stereocenters. The molecule has 0 aliphatic carbocycles. The molecule has 0 spiro atoms. The van der Waals surface area contributed by atoms with Gasteiger partial charge >= 0.3 is 18.1 Å². The topological polar surface area (TPSA) is 148 Å². The van der Waals surface area contributed by atoms with Crippen LogP contribution >= 0.6 is 0 Å². The molecule has 0 saturated carbocycles. The number of alkyl halides is 3. The standard InChI is InChI=1S/C7H5F3N4O7S/c1-12-2-4(22(18,19)20)3-13(14(16)17)5(12)11-6(15)21-7(8,9)10/h2-3H,1H3/b11-5+. The lowest BCUT2D eigenvalue weighted by Gasteiger charge is -2.05. The highest BCUT2D eigenvalue weighted by molar-refractivity contribution is 7.85. The van der Waals surface area contributed by atoms with Crippen molar-refractivity contribution in [3.8, 4) is 0 Å². The fourth-order valence-corrected chi connectivity index (χ4v) is 1.72. The van der Waals surface area contributed by atoms with Gasteiger partial charge in [-0.1, -0.05) is 0 Å². The van der Waals surface area contributed by atoms with E-state index in [2.05, 4.69) is 9.73 Å². The van der Waals surface area contributed by atoms with E-state index < -0.39 is 38.1 Å². The quantitative estimate of drug-likeness (QED) is 0.283. The Morgan fingerprint density at radius 1 is 1.50 bits per heavy atom. The number of rotatable bonds is 2. The van der Waals surface area contributed by atoms with Gasteiger partial charge in [0.2, 0.25) is 5.03 Å². The SMILES string of the molecule is C[n+]1cc(S(=O)(=O)[O-])cn([N+](=O)[O-])/c1=N/C(=O)OC(F)(F)F. The molecular formula is C7H5F3N4O7S. The van der Waals surface area contributed by atoms with Crippen molar-refractivity contribution in [3.63, 3.8) is 0 Å². The number of hydrogen-bond acceptors (Lipinski definition) is 7. The number of carbonyl (C=O) groups is 1. The van der Waals surface area contributed by atoms with Gasteiger partial charge in [-0.2, -0.15) is 0 Å². The molecule has 0 bridgehead atoms. The van der Waals surface area contributed by atoms with Crippen LogP contribution in [-0.2, 0) is 21.9 Å². The molecule has 0 unspecified atom stereocenters. The highest BCUT2D eigenvalue weighted by Gasteiger charge is 2.36. The Balaban J connectivity index is 3.55. The van der Waals surface area contributed by atoms with Crippen LogP contribution in [-0.4, -0.2) is 35.1 Å². The molecule has 22 heavy (non-hydrogen) atoms. The highest BCUT2D eigenvalue weighted by Crippen LogP contribution is 2.16. The molecule has 0 radical (unpaired) electrons. The van der Waals surface area contributed by atoms with E-state index in [0.29, 0.717) is 10.8 Å². The molecule has 0 aromatic carbocycles. The first-order valence-electron chi connectivity index (χ1n) is 4.88. The van der Waals surface area contributed by atoms with Crippen LogP contribution in [0.4, 0.5) is 18.0 Å². The van der Waals surface area contributed by atoms with E-state index in [1.807, 2.05) is 0 Å². The second-order valence-electron chi connectivity index (χ2n) is 3.53. The van der Waals surface area contributed by atoms with Crippen molar-refractivity contribution in [2.24, 2.45) is 12.0 Å². The zero-order chi connectivity index (χ0) is 17.3. The first-order valence-corrected chi connectivity index (χ1v) is 6.29. The molecule has 122 valence electrons. The predicted molar refractivity (Wildman–Crippen MR) is 54.1 cm³/mol. The van der Waals surface area contributed by atoms with Crippen LogP contribution in [0.5, 0.6) is 0 Å². The van der Waals surface area contributed by atoms with Gasteiger partial charge in [0.05, 0.1) is 17.9 Å². The monoisotopic (exact) mass is 346 g/mol. The minimum atomic E-state index is -5.36. The summed E-state index contributed by atoms with van der Waals surface area (Å²) in [6, 6.07) is 0. The molecule has 1 aromatic rings. The number of amides is 1. The maximum Gasteiger partial charge on any atom is 0.577 e. The summed E-state index contributed by atoms with van der Waals surface area (Å²) in [5, 5.41) is 9.43. The Hall–Kier alpha value is -2.55. The molecule has 0 saturated heterocycles. The van der Waals surface area contributed by atoms with E-state index in [1.54, 1.807) is 0 Å². The van der Waals surface area contributed by atoms with Gasteiger partial charge in [0, 0.05) is 4.99 Å². The molecule has 15 heteroatoms. The molecule has 0 aliphatic heterocycles. The fourth-order valence-electron chi connectivity index (χ4n) is 1.20. The fraction of sp³-hybridized carbons (Fsp3) is 0.286. The highest BCUT2D eigenvalue weighted by atomic mass is 32.2. The summed E-state index contributed by atoms with van der Waals surface area (Å²) in [5.41, 5.74) is -1.02. The molecule has 1 aromatic heterocycles. The number of nitrogens with zero attached hydrogens (tertiary/aromatic N) is 4. The van der Waals surface area contributed by atoms with Crippen LogP contribution in [0.3, 0.4) is 0 Å². The van der Waals surface area contributed by atoms with Gasteiger partial charge < -0.3 is 9.29 Å². The lowest BCUT2D eigenvalue weighted by atomic mass is 10.6. The molecule has 0 N–H and O–H groups in total. The smallest absolute Gasteiger partial charge is 0.577 e. The van der Waals surface area contributed by atoms with Gasteiger partial charge in [-0.3, -0.25) is 0 Å². The van der Waals surface area contributed by atoms with Crippen LogP contribution in [0.2, 0.25) is 0 Å². The number of carbonyl (C=O) groups excluding carboxylic acids is 1.